The fourth-order valence-corrected chi connectivity index (χ4v) is 2.70. The molecular weight excluding hydrogens is 245 g/mol. The second-order valence-corrected chi connectivity index (χ2v) is 5.05. The first-order valence-corrected chi connectivity index (χ1v) is 6.55. The summed E-state index contributed by atoms with van der Waals surface area (Å²) in [5, 5.41) is 0. The van der Waals surface area contributed by atoms with Gasteiger partial charge in [-0.05, 0) is 0 Å². The van der Waals surface area contributed by atoms with Gasteiger partial charge in [0.2, 0.25) is 0 Å². The Balaban J connectivity index is 2.35. The van der Waals surface area contributed by atoms with Gasteiger partial charge in [-0.2, -0.15) is 0 Å². The second kappa shape index (κ2) is 7.03. The Morgan fingerprint density at radius 1 is 1.38 bits per heavy atom. The molecule has 0 amide bonds. The van der Waals surface area contributed by atoms with Crippen molar-refractivity contribution in [1.82, 2.24) is 0 Å². The average molecular weight is 261 g/mol. The molecule has 0 bridgehead atoms. The predicted molar refractivity (Wildman–Crippen MR) is 55.0 cm³/mol. The molecule has 0 N–H and O–H groups in total. The van der Waals surface area contributed by atoms with E-state index in [1.54, 1.807) is 4.17 Å². The molecule has 0 saturated carbocycles. The van der Waals surface area contributed by atoms with E-state index in [0.29, 0.717) is 17.1 Å². The van der Waals surface area contributed by atoms with Crippen LogP contribution in [0.1, 0.15) is 26.2 Å². The van der Waals surface area contributed by atoms with Gasteiger partial charge in [0, 0.05) is 0 Å². The monoisotopic (exact) mass is 262 g/mol. The van der Waals surface area contributed by atoms with E-state index in [1.165, 1.54) is 19.3 Å². The zero-order valence-corrected chi connectivity index (χ0v) is 9.75. The van der Waals surface area contributed by atoms with Crippen molar-refractivity contribution in [2.24, 2.45) is 0 Å². The molecule has 0 spiro atoms. The molecular formula is C12H16Ru. The summed E-state index contributed by atoms with van der Waals surface area (Å²) in [6.07, 6.45) is 17.0. The average Bonchev–Trinajstić information content (AvgIpc) is 2.41. The third kappa shape index (κ3) is 5.00. The standard InChI is InChI=1S/C7H9.C5H7.Ru/c1-2-4-6-7-5-3-1;1-3-5-4-2;/h1-3H,4,6-7H2;1,3-5H,2H3;. The van der Waals surface area contributed by atoms with Crippen LogP contribution in [0.15, 0.2) is 45.3 Å². The van der Waals surface area contributed by atoms with Gasteiger partial charge >= 0.3 is 88.6 Å². The molecule has 0 unspecified atom stereocenters. The normalized spacial score (nSPS) is 18.4. The predicted octanol–water partition coefficient (Wildman–Crippen LogP) is 3.78. The van der Waals surface area contributed by atoms with Crippen LogP contribution in [0, 0.1) is 0 Å². The van der Waals surface area contributed by atoms with Crippen molar-refractivity contribution in [1.29, 1.82) is 0 Å². The second-order valence-electron chi connectivity index (χ2n) is 2.86. The maximum absolute atomic E-state index is 2.32. The first-order chi connectivity index (χ1) is 6.43. The van der Waals surface area contributed by atoms with Crippen LogP contribution in [0.5, 0.6) is 0 Å². The van der Waals surface area contributed by atoms with Crippen molar-refractivity contribution in [3.63, 3.8) is 0 Å². The van der Waals surface area contributed by atoms with Crippen molar-refractivity contribution in [2.75, 3.05) is 0 Å². The first-order valence-electron chi connectivity index (χ1n) is 4.68. The molecule has 13 heavy (non-hydrogen) atoms. The summed E-state index contributed by atoms with van der Waals surface area (Å²) in [6.45, 7) is 2.05. The molecule has 1 heteroatoms. The van der Waals surface area contributed by atoms with E-state index in [2.05, 4.69) is 41.1 Å². The fourth-order valence-electron chi connectivity index (χ4n) is 1.08. The molecule has 0 atom stereocenters. The van der Waals surface area contributed by atoms with Gasteiger partial charge in [-0.3, -0.25) is 0 Å². The van der Waals surface area contributed by atoms with Gasteiger partial charge in [-0.1, -0.05) is 0 Å². The Morgan fingerprint density at radius 2 is 2.31 bits per heavy atom. The van der Waals surface area contributed by atoms with Crippen LogP contribution in [0.25, 0.3) is 0 Å². The van der Waals surface area contributed by atoms with Crippen LogP contribution in [-0.2, 0) is 17.1 Å². The summed E-state index contributed by atoms with van der Waals surface area (Å²) < 4.78 is 3.96. The van der Waals surface area contributed by atoms with E-state index in [9.17, 15) is 0 Å². The Hall–Kier alpha value is -0.417. The fraction of sp³-hybridized carbons (Fsp3) is 0.333. The van der Waals surface area contributed by atoms with E-state index < -0.39 is 0 Å². The molecule has 0 aromatic rings. The molecule has 0 heterocycles. The van der Waals surface area contributed by atoms with E-state index in [-0.39, 0.29) is 0 Å². The maximum atomic E-state index is 2.32. The minimum atomic E-state index is 0.325. The quantitative estimate of drug-likeness (QED) is 0.535. The Kier molecular flexibility index (Phi) is 5.77. The van der Waals surface area contributed by atoms with Crippen LogP contribution in [0.4, 0.5) is 0 Å². The number of allylic oxidation sites excluding steroid dienone is 7. The Morgan fingerprint density at radius 3 is 3.15 bits per heavy atom. The molecule has 0 fully saturated rings. The first kappa shape index (κ1) is 10.7. The molecule has 0 aromatic heterocycles. The van der Waals surface area contributed by atoms with Crippen LogP contribution < -0.4 is 0 Å². The summed E-state index contributed by atoms with van der Waals surface area (Å²) in [7, 11) is 0. The van der Waals surface area contributed by atoms with Gasteiger partial charge in [0.15, 0.2) is 0 Å². The van der Waals surface area contributed by atoms with Gasteiger partial charge in [0.05, 0.1) is 0 Å². The van der Waals surface area contributed by atoms with Gasteiger partial charge in [-0.15, -0.1) is 0 Å². The van der Waals surface area contributed by atoms with E-state index >= 15 is 0 Å². The van der Waals surface area contributed by atoms with Crippen LogP contribution in [0.2, 0.25) is 0 Å². The third-order valence-corrected chi connectivity index (χ3v) is 3.74. The van der Waals surface area contributed by atoms with Crippen LogP contribution >= 0.6 is 0 Å². The Bertz CT molecular complexity index is 244. The summed E-state index contributed by atoms with van der Waals surface area (Å²) in [4.78, 5) is 0. The summed E-state index contributed by atoms with van der Waals surface area (Å²) in [5.41, 5.74) is 0. The van der Waals surface area contributed by atoms with Gasteiger partial charge < -0.3 is 0 Å². The van der Waals surface area contributed by atoms with Crippen molar-refractivity contribution < 1.29 is 17.1 Å². The number of hydrogen-bond acceptors (Lipinski definition) is 0. The minimum absolute atomic E-state index is 0.325. The Labute approximate surface area is 88.7 Å². The van der Waals surface area contributed by atoms with Crippen LogP contribution in [-0.4, -0.2) is 0 Å². The summed E-state index contributed by atoms with van der Waals surface area (Å²) in [6, 6.07) is 0. The molecule has 1 aliphatic carbocycles. The van der Waals surface area contributed by atoms with Crippen LogP contribution in [0.3, 0.4) is 0 Å². The zero-order valence-electron chi connectivity index (χ0n) is 8.02. The van der Waals surface area contributed by atoms with Gasteiger partial charge in [0.1, 0.15) is 0 Å². The molecule has 0 nitrogen and oxygen atoms in total. The summed E-state index contributed by atoms with van der Waals surface area (Å²) >= 11 is 0.325. The van der Waals surface area contributed by atoms with Crippen molar-refractivity contribution in [3.05, 3.63) is 45.3 Å². The van der Waals surface area contributed by atoms with Gasteiger partial charge in [0.25, 0.3) is 0 Å². The number of hydrogen-bond donors (Lipinski definition) is 0. The molecule has 0 aromatic carbocycles. The van der Waals surface area contributed by atoms with E-state index in [4.69, 9.17) is 0 Å². The molecule has 0 radical (unpaired) electrons. The number of rotatable bonds is 3. The van der Waals surface area contributed by atoms with Crippen molar-refractivity contribution in [2.45, 2.75) is 26.2 Å². The zero-order chi connectivity index (χ0) is 9.36. The third-order valence-electron chi connectivity index (χ3n) is 1.75. The molecule has 1 rings (SSSR count). The molecule has 0 saturated heterocycles. The SMILES string of the molecule is CC=CC=[CH][Ru][C]1=CC=CCCC1. The summed E-state index contributed by atoms with van der Waals surface area (Å²) in [5.74, 6) is 0. The van der Waals surface area contributed by atoms with E-state index in [0.717, 1.165) is 0 Å². The molecule has 1 aliphatic rings. The molecule has 0 aliphatic heterocycles. The topological polar surface area (TPSA) is 0 Å². The van der Waals surface area contributed by atoms with Crippen molar-refractivity contribution in [3.8, 4) is 0 Å². The molecule has 72 valence electrons. The van der Waals surface area contributed by atoms with Gasteiger partial charge in [-0.25, -0.2) is 0 Å². The van der Waals surface area contributed by atoms with Crippen molar-refractivity contribution >= 4 is 0 Å². The van der Waals surface area contributed by atoms with E-state index in [1.807, 2.05) is 6.92 Å².